The van der Waals surface area contributed by atoms with Crippen LogP contribution in [0.15, 0.2) is 47.6 Å². The van der Waals surface area contributed by atoms with Crippen molar-refractivity contribution in [1.82, 2.24) is 5.43 Å². The summed E-state index contributed by atoms with van der Waals surface area (Å²) >= 11 is 0. The quantitative estimate of drug-likeness (QED) is 0.600. The van der Waals surface area contributed by atoms with Crippen molar-refractivity contribution in [3.63, 3.8) is 0 Å². The predicted octanol–water partition coefficient (Wildman–Crippen LogP) is 4.66. The molecule has 3 rings (SSSR count). The molecule has 148 valence electrons. The van der Waals surface area contributed by atoms with Gasteiger partial charge in [0.25, 0.3) is 5.91 Å². The molecule has 5 nitrogen and oxygen atoms in total. The van der Waals surface area contributed by atoms with Gasteiger partial charge in [0.05, 0.1) is 6.21 Å². The fourth-order valence-corrected chi connectivity index (χ4v) is 4.37. The summed E-state index contributed by atoms with van der Waals surface area (Å²) in [5, 5.41) is 13.4. The molecule has 0 unspecified atom stereocenters. The maximum absolute atomic E-state index is 12.1. The van der Waals surface area contributed by atoms with Crippen LogP contribution in [0.5, 0.6) is 5.75 Å². The van der Waals surface area contributed by atoms with Crippen LogP contribution in [0.1, 0.15) is 68.4 Å². The zero-order valence-electron chi connectivity index (χ0n) is 17.2. The number of rotatable bonds is 4. The largest absolute Gasteiger partial charge is 0.508 e. The first-order chi connectivity index (χ1) is 13.2. The fraction of sp³-hybridized carbons (Fsp3) is 0.391. The summed E-state index contributed by atoms with van der Waals surface area (Å²) in [6.07, 6.45) is 2.77. The van der Waals surface area contributed by atoms with Crippen LogP contribution in [-0.2, 0) is 0 Å². The molecule has 2 aromatic rings. The summed E-state index contributed by atoms with van der Waals surface area (Å²) in [4.78, 5) is 14.6. The SMILES string of the molecule is CC(C)N1c2ccc(/C=N\NC(=O)c3ccc(O)cc3)cc2[C@@H](C)CC1(C)C. The lowest BCUT2D eigenvalue weighted by Crippen LogP contribution is -2.51. The van der Waals surface area contributed by atoms with Gasteiger partial charge < -0.3 is 10.0 Å². The van der Waals surface area contributed by atoms with E-state index < -0.39 is 0 Å². The van der Waals surface area contributed by atoms with Gasteiger partial charge >= 0.3 is 0 Å². The minimum Gasteiger partial charge on any atom is -0.508 e. The third-order valence-corrected chi connectivity index (χ3v) is 5.33. The van der Waals surface area contributed by atoms with Crippen LogP contribution < -0.4 is 10.3 Å². The molecule has 0 saturated carbocycles. The van der Waals surface area contributed by atoms with Crippen molar-refractivity contribution in [3.05, 3.63) is 59.2 Å². The second kappa shape index (κ2) is 7.66. The van der Waals surface area contributed by atoms with Gasteiger partial charge in [-0.2, -0.15) is 5.10 Å². The first kappa shape index (κ1) is 19.9. The van der Waals surface area contributed by atoms with Crippen molar-refractivity contribution in [3.8, 4) is 5.75 Å². The number of carbonyl (C=O) groups is 1. The van der Waals surface area contributed by atoms with Gasteiger partial charge in [-0.25, -0.2) is 5.43 Å². The number of phenolic OH excluding ortho intramolecular Hbond substituents is 1. The first-order valence-electron chi connectivity index (χ1n) is 9.75. The van der Waals surface area contributed by atoms with Gasteiger partial charge in [-0.1, -0.05) is 13.0 Å². The Bertz CT molecular complexity index is 885. The number of carbonyl (C=O) groups excluding carboxylic acids is 1. The summed E-state index contributed by atoms with van der Waals surface area (Å²) in [6, 6.07) is 12.9. The Morgan fingerprint density at radius 1 is 1.25 bits per heavy atom. The lowest BCUT2D eigenvalue weighted by molar-refractivity contribution is 0.0955. The molecule has 2 aromatic carbocycles. The van der Waals surface area contributed by atoms with Crippen molar-refractivity contribution in [2.75, 3.05) is 4.90 Å². The van der Waals surface area contributed by atoms with Crippen LogP contribution in [0.2, 0.25) is 0 Å². The Morgan fingerprint density at radius 3 is 2.57 bits per heavy atom. The third kappa shape index (κ3) is 4.03. The Kier molecular flexibility index (Phi) is 5.45. The Labute approximate surface area is 167 Å². The molecule has 1 heterocycles. The molecule has 1 atom stereocenters. The van der Waals surface area contributed by atoms with E-state index in [1.54, 1.807) is 18.3 Å². The van der Waals surface area contributed by atoms with E-state index in [2.05, 4.69) is 62.2 Å². The number of benzene rings is 2. The highest BCUT2D eigenvalue weighted by molar-refractivity contribution is 5.95. The Morgan fingerprint density at radius 2 is 1.93 bits per heavy atom. The van der Waals surface area contributed by atoms with Crippen molar-refractivity contribution in [2.24, 2.45) is 5.10 Å². The van der Waals surface area contributed by atoms with E-state index in [0.29, 0.717) is 17.5 Å². The van der Waals surface area contributed by atoms with Gasteiger partial charge in [0.15, 0.2) is 0 Å². The maximum Gasteiger partial charge on any atom is 0.271 e. The van der Waals surface area contributed by atoms with Crippen LogP contribution in [0, 0.1) is 0 Å². The van der Waals surface area contributed by atoms with Crippen molar-refractivity contribution >= 4 is 17.8 Å². The number of nitrogens with zero attached hydrogens (tertiary/aromatic N) is 2. The summed E-state index contributed by atoms with van der Waals surface area (Å²) in [5.74, 6) is 0.275. The molecular formula is C23H29N3O2. The number of fused-ring (bicyclic) bond motifs is 1. The fourth-order valence-electron chi connectivity index (χ4n) is 4.37. The normalized spacial score (nSPS) is 18.4. The van der Waals surface area contributed by atoms with Crippen molar-refractivity contribution < 1.29 is 9.90 Å². The van der Waals surface area contributed by atoms with E-state index in [1.165, 1.54) is 23.4 Å². The molecule has 0 spiro atoms. The monoisotopic (exact) mass is 379 g/mol. The summed E-state index contributed by atoms with van der Waals surface area (Å²) in [6.45, 7) is 11.3. The molecule has 0 fully saturated rings. The molecule has 0 saturated heterocycles. The highest BCUT2D eigenvalue weighted by Gasteiger charge is 2.37. The molecule has 1 aliphatic heterocycles. The lowest BCUT2D eigenvalue weighted by Gasteiger charge is -2.50. The predicted molar refractivity (Wildman–Crippen MR) is 114 cm³/mol. The topological polar surface area (TPSA) is 64.9 Å². The molecule has 0 radical (unpaired) electrons. The molecule has 0 bridgehead atoms. The van der Waals surface area contributed by atoms with Crippen LogP contribution in [0.4, 0.5) is 5.69 Å². The zero-order chi connectivity index (χ0) is 20.5. The zero-order valence-corrected chi connectivity index (χ0v) is 17.2. The summed E-state index contributed by atoms with van der Waals surface area (Å²) in [7, 11) is 0. The average molecular weight is 380 g/mol. The second-order valence-electron chi connectivity index (χ2n) is 8.45. The van der Waals surface area contributed by atoms with E-state index in [1.807, 2.05) is 6.07 Å². The molecule has 28 heavy (non-hydrogen) atoms. The van der Waals surface area contributed by atoms with Crippen LogP contribution in [-0.4, -0.2) is 28.8 Å². The highest BCUT2D eigenvalue weighted by Crippen LogP contribution is 2.44. The highest BCUT2D eigenvalue weighted by atomic mass is 16.3. The Balaban J connectivity index is 1.78. The molecule has 1 aliphatic rings. The number of nitrogens with one attached hydrogen (secondary N) is 1. The first-order valence-corrected chi connectivity index (χ1v) is 9.75. The minimum atomic E-state index is -0.310. The number of phenols is 1. The molecule has 1 amide bonds. The summed E-state index contributed by atoms with van der Waals surface area (Å²) < 4.78 is 0. The van der Waals surface area contributed by atoms with E-state index in [-0.39, 0.29) is 17.2 Å². The standard InChI is InChI=1S/C23H29N3O2/c1-15(2)26-21-11-6-17(12-20(21)16(3)13-23(26,4)5)14-24-25-22(28)18-7-9-19(27)10-8-18/h6-12,14-16,27H,13H2,1-5H3,(H,25,28)/b24-14-/t16-/m0/s1. The molecule has 2 N–H and O–H groups in total. The smallest absolute Gasteiger partial charge is 0.271 e. The van der Waals surface area contributed by atoms with Gasteiger partial charge in [0.2, 0.25) is 0 Å². The molecular weight excluding hydrogens is 350 g/mol. The third-order valence-electron chi connectivity index (χ3n) is 5.33. The number of anilines is 1. The number of hydrogen-bond donors (Lipinski definition) is 2. The van der Waals surface area contributed by atoms with Gasteiger partial charge in [-0.05, 0) is 87.6 Å². The van der Waals surface area contributed by atoms with Crippen LogP contribution >= 0.6 is 0 Å². The summed E-state index contributed by atoms with van der Waals surface area (Å²) in [5.41, 5.74) is 6.67. The molecule has 0 aromatic heterocycles. The number of hydrazone groups is 1. The van der Waals surface area contributed by atoms with Crippen LogP contribution in [0.3, 0.4) is 0 Å². The average Bonchev–Trinajstić information content (AvgIpc) is 2.61. The van der Waals surface area contributed by atoms with E-state index in [9.17, 15) is 9.90 Å². The lowest BCUT2D eigenvalue weighted by atomic mass is 9.79. The molecule has 0 aliphatic carbocycles. The van der Waals surface area contributed by atoms with E-state index >= 15 is 0 Å². The van der Waals surface area contributed by atoms with Gasteiger partial charge in [0, 0.05) is 22.8 Å². The van der Waals surface area contributed by atoms with Crippen LogP contribution in [0.25, 0.3) is 0 Å². The maximum atomic E-state index is 12.1. The van der Waals surface area contributed by atoms with Gasteiger partial charge in [-0.15, -0.1) is 0 Å². The molecule has 5 heteroatoms. The van der Waals surface area contributed by atoms with Crippen molar-refractivity contribution in [1.29, 1.82) is 0 Å². The number of amides is 1. The number of hydrogen-bond acceptors (Lipinski definition) is 4. The Hall–Kier alpha value is -2.82. The second-order valence-corrected chi connectivity index (χ2v) is 8.45. The minimum absolute atomic E-state index is 0.119. The van der Waals surface area contributed by atoms with Crippen molar-refractivity contribution in [2.45, 2.75) is 58.5 Å². The van der Waals surface area contributed by atoms with E-state index in [4.69, 9.17) is 0 Å². The number of aromatic hydroxyl groups is 1. The van der Waals surface area contributed by atoms with E-state index in [0.717, 1.165) is 12.0 Å². The van der Waals surface area contributed by atoms with Gasteiger partial charge in [-0.3, -0.25) is 4.79 Å². The van der Waals surface area contributed by atoms with Gasteiger partial charge in [0.1, 0.15) is 5.75 Å².